The first kappa shape index (κ1) is 20.5. The van der Waals surface area contributed by atoms with Crippen LogP contribution in [0.2, 0.25) is 0 Å². The first-order chi connectivity index (χ1) is 14.6. The summed E-state index contributed by atoms with van der Waals surface area (Å²) in [6.07, 6.45) is 2.12. The Balaban J connectivity index is 1.40. The van der Waals surface area contributed by atoms with Crippen molar-refractivity contribution in [2.75, 3.05) is 31.6 Å². The van der Waals surface area contributed by atoms with Crippen molar-refractivity contribution >= 4 is 39.1 Å². The molecule has 7 heteroatoms. The van der Waals surface area contributed by atoms with E-state index in [1.165, 1.54) is 4.70 Å². The third-order valence-electron chi connectivity index (χ3n) is 5.23. The third kappa shape index (κ3) is 4.68. The number of rotatable bonds is 6. The van der Waals surface area contributed by atoms with Crippen molar-refractivity contribution in [3.05, 3.63) is 59.1 Å². The highest BCUT2D eigenvalue weighted by Gasteiger charge is 2.25. The molecular weight excluding hydrogens is 398 g/mol. The number of fused-ring (bicyclic) bond motifs is 1. The average molecular weight is 424 g/mol. The van der Waals surface area contributed by atoms with Crippen molar-refractivity contribution in [1.82, 2.24) is 9.88 Å². The van der Waals surface area contributed by atoms with Gasteiger partial charge >= 0.3 is 5.97 Å². The molecule has 0 radical (unpaired) electrons. The molecule has 6 nitrogen and oxygen atoms in total. The number of piperidine rings is 1. The van der Waals surface area contributed by atoms with Crippen LogP contribution in [0.25, 0.3) is 10.2 Å². The molecule has 1 saturated heterocycles. The van der Waals surface area contributed by atoms with Crippen molar-refractivity contribution in [3.63, 3.8) is 0 Å². The van der Waals surface area contributed by atoms with Gasteiger partial charge in [0.1, 0.15) is 0 Å². The molecule has 1 aliphatic heterocycles. The summed E-state index contributed by atoms with van der Waals surface area (Å²) in [7, 11) is 0. The Morgan fingerprint density at radius 1 is 1.20 bits per heavy atom. The molecule has 1 aliphatic rings. The first-order valence-electron chi connectivity index (χ1n) is 10.3. The van der Waals surface area contributed by atoms with E-state index in [1.54, 1.807) is 42.5 Å². The fraction of sp³-hybridized carbons (Fsp3) is 0.348. The molecule has 2 heterocycles. The highest BCUT2D eigenvalue weighted by Crippen LogP contribution is 2.32. The SMILES string of the molecule is CCOC(=O)c1ccccc1NC(=O)CN1CCC[C@@H](c2nc3ccccc3s2)C1. The van der Waals surface area contributed by atoms with Crippen LogP contribution in [0.5, 0.6) is 0 Å². The number of aromatic nitrogens is 1. The van der Waals surface area contributed by atoms with Crippen LogP contribution in [-0.4, -0.2) is 48.0 Å². The number of thiazole rings is 1. The summed E-state index contributed by atoms with van der Waals surface area (Å²) < 4.78 is 6.29. The van der Waals surface area contributed by atoms with Gasteiger partial charge in [-0.2, -0.15) is 0 Å². The van der Waals surface area contributed by atoms with Crippen LogP contribution < -0.4 is 5.32 Å². The Hall–Kier alpha value is -2.77. The highest BCUT2D eigenvalue weighted by molar-refractivity contribution is 7.18. The fourth-order valence-electron chi connectivity index (χ4n) is 3.84. The lowest BCUT2D eigenvalue weighted by Crippen LogP contribution is -2.39. The van der Waals surface area contributed by atoms with Crippen molar-refractivity contribution in [2.24, 2.45) is 0 Å². The number of hydrogen-bond donors (Lipinski definition) is 1. The average Bonchev–Trinajstić information content (AvgIpc) is 3.19. The summed E-state index contributed by atoms with van der Waals surface area (Å²) >= 11 is 1.75. The lowest BCUT2D eigenvalue weighted by atomic mass is 9.99. The zero-order valence-electron chi connectivity index (χ0n) is 17.0. The van der Waals surface area contributed by atoms with Crippen LogP contribution in [0.3, 0.4) is 0 Å². The number of anilines is 1. The molecule has 4 rings (SSSR count). The summed E-state index contributed by atoms with van der Waals surface area (Å²) in [5.41, 5.74) is 1.90. The fourth-order valence-corrected chi connectivity index (χ4v) is 4.93. The Morgan fingerprint density at radius 2 is 2.00 bits per heavy atom. The van der Waals surface area contributed by atoms with Gasteiger partial charge in [0.25, 0.3) is 0 Å². The second kappa shape index (κ2) is 9.36. The van der Waals surface area contributed by atoms with E-state index in [2.05, 4.69) is 16.3 Å². The second-order valence-electron chi connectivity index (χ2n) is 7.41. The van der Waals surface area contributed by atoms with E-state index < -0.39 is 5.97 Å². The summed E-state index contributed by atoms with van der Waals surface area (Å²) in [6, 6.07) is 15.1. The van der Waals surface area contributed by atoms with Crippen LogP contribution in [0, 0.1) is 0 Å². The Kier molecular flexibility index (Phi) is 6.40. The highest BCUT2D eigenvalue weighted by atomic mass is 32.1. The number of nitrogens with one attached hydrogen (secondary N) is 1. The van der Waals surface area contributed by atoms with E-state index in [9.17, 15) is 9.59 Å². The monoisotopic (exact) mass is 423 g/mol. The Labute approximate surface area is 179 Å². The minimum Gasteiger partial charge on any atom is -0.462 e. The van der Waals surface area contributed by atoms with E-state index in [0.29, 0.717) is 30.3 Å². The number of hydrogen-bond acceptors (Lipinski definition) is 6. The number of benzene rings is 2. The number of ether oxygens (including phenoxy) is 1. The van der Waals surface area contributed by atoms with E-state index in [1.807, 2.05) is 18.2 Å². The molecule has 1 atom stereocenters. The molecule has 1 N–H and O–H groups in total. The van der Waals surface area contributed by atoms with E-state index >= 15 is 0 Å². The molecule has 0 bridgehead atoms. The quantitative estimate of drug-likeness (QED) is 0.599. The molecule has 0 saturated carbocycles. The lowest BCUT2D eigenvalue weighted by Gasteiger charge is -2.31. The van der Waals surface area contributed by atoms with Crippen LogP contribution in [0.15, 0.2) is 48.5 Å². The second-order valence-corrected chi connectivity index (χ2v) is 8.47. The van der Waals surface area contributed by atoms with Gasteiger partial charge in [0.05, 0.1) is 39.6 Å². The van der Waals surface area contributed by atoms with Crippen molar-refractivity contribution < 1.29 is 14.3 Å². The molecule has 1 amide bonds. The molecule has 3 aromatic rings. The van der Waals surface area contributed by atoms with Crippen molar-refractivity contribution in [3.8, 4) is 0 Å². The van der Waals surface area contributed by atoms with E-state index in [0.717, 1.165) is 36.5 Å². The predicted octanol–water partition coefficient (Wildman–Crippen LogP) is 4.29. The van der Waals surface area contributed by atoms with Gasteiger partial charge in [-0.15, -0.1) is 11.3 Å². The van der Waals surface area contributed by atoms with Gasteiger partial charge in [-0.25, -0.2) is 9.78 Å². The van der Waals surface area contributed by atoms with Crippen LogP contribution in [0.1, 0.15) is 41.0 Å². The van der Waals surface area contributed by atoms with E-state index in [4.69, 9.17) is 9.72 Å². The molecule has 30 heavy (non-hydrogen) atoms. The number of carbonyl (C=O) groups excluding carboxylic acids is 2. The lowest BCUT2D eigenvalue weighted by molar-refractivity contribution is -0.117. The molecule has 2 aromatic carbocycles. The van der Waals surface area contributed by atoms with Crippen LogP contribution in [0.4, 0.5) is 5.69 Å². The maximum Gasteiger partial charge on any atom is 0.340 e. The van der Waals surface area contributed by atoms with Gasteiger partial charge in [-0.3, -0.25) is 9.69 Å². The smallest absolute Gasteiger partial charge is 0.340 e. The minimum atomic E-state index is -0.428. The molecule has 0 aliphatic carbocycles. The van der Waals surface area contributed by atoms with Gasteiger partial charge in [0.15, 0.2) is 0 Å². The Bertz CT molecular complexity index is 1020. The maximum absolute atomic E-state index is 12.7. The normalized spacial score (nSPS) is 17.0. The molecule has 0 unspecified atom stereocenters. The zero-order chi connectivity index (χ0) is 20.9. The number of esters is 1. The van der Waals surface area contributed by atoms with Gasteiger partial charge in [-0.1, -0.05) is 24.3 Å². The molecule has 0 spiro atoms. The topological polar surface area (TPSA) is 71.5 Å². The third-order valence-corrected chi connectivity index (χ3v) is 6.43. The number of amides is 1. The molecule has 1 aromatic heterocycles. The van der Waals surface area contributed by atoms with Crippen molar-refractivity contribution in [1.29, 1.82) is 0 Å². The standard InChI is InChI=1S/C23H25N3O3S/c1-2-29-23(28)17-9-3-4-10-18(17)24-21(27)15-26-13-7-8-16(14-26)22-25-19-11-5-6-12-20(19)30-22/h3-6,9-12,16H,2,7-8,13-15H2,1H3,(H,24,27)/t16-/m1/s1. The summed E-state index contributed by atoms with van der Waals surface area (Å²) in [5, 5.41) is 4.03. The summed E-state index contributed by atoms with van der Waals surface area (Å²) in [5.74, 6) is -0.213. The van der Waals surface area contributed by atoms with Gasteiger partial charge < -0.3 is 10.1 Å². The van der Waals surface area contributed by atoms with Crippen molar-refractivity contribution in [2.45, 2.75) is 25.7 Å². The van der Waals surface area contributed by atoms with Gasteiger partial charge in [0.2, 0.25) is 5.91 Å². The number of carbonyl (C=O) groups is 2. The number of nitrogens with zero attached hydrogens (tertiary/aromatic N) is 2. The maximum atomic E-state index is 12.7. The zero-order valence-corrected chi connectivity index (χ0v) is 17.8. The number of para-hydroxylation sites is 2. The van der Waals surface area contributed by atoms with E-state index in [-0.39, 0.29) is 5.91 Å². The Morgan fingerprint density at radius 3 is 2.83 bits per heavy atom. The molecular formula is C23H25N3O3S. The van der Waals surface area contributed by atoms with Gasteiger partial charge in [0, 0.05) is 12.5 Å². The summed E-state index contributed by atoms with van der Waals surface area (Å²) in [4.78, 5) is 31.8. The summed E-state index contributed by atoms with van der Waals surface area (Å²) in [6.45, 7) is 4.04. The largest absolute Gasteiger partial charge is 0.462 e. The van der Waals surface area contributed by atoms with Crippen LogP contribution >= 0.6 is 11.3 Å². The minimum absolute atomic E-state index is 0.128. The van der Waals surface area contributed by atoms with Gasteiger partial charge in [-0.05, 0) is 50.6 Å². The molecule has 156 valence electrons. The van der Waals surface area contributed by atoms with Crippen LogP contribution in [-0.2, 0) is 9.53 Å². The first-order valence-corrected chi connectivity index (χ1v) is 11.1. The number of likely N-dealkylation sites (tertiary alicyclic amines) is 1. The predicted molar refractivity (Wildman–Crippen MR) is 119 cm³/mol. The molecule has 1 fully saturated rings.